The number of carbonyl (C=O) groups excluding carboxylic acids is 1. The van der Waals surface area contributed by atoms with Crippen molar-refractivity contribution < 1.29 is 17.9 Å². The first-order valence-electron chi connectivity index (χ1n) is 6.80. The van der Waals surface area contributed by atoms with Gasteiger partial charge in [-0.3, -0.25) is 4.79 Å². The quantitative estimate of drug-likeness (QED) is 0.744. The molecule has 1 saturated heterocycles. The summed E-state index contributed by atoms with van der Waals surface area (Å²) in [7, 11) is -1.74. The molecule has 110 valence electrons. The molecule has 1 N–H and O–H groups in total. The second-order valence-electron chi connectivity index (χ2n) is 5.26. The van der Waals surface area contributed by atoms with Crippen LogP contribution in [0.2, 0.25) is 0 Å². The number of amides is 1. The molecule has 6 nitrogen and oxygen atoms in total. The van der Waals surface area contributed by atoms with E-state index in [4.69, 9.17) is 4.74 Å². The van der Waals surface area contributed by atoms with Crippen LogP contribution in [0.4, 0.5) is 0 Å². The van der Waals surface area contributed by atoms with Gasteiger partial charge in [-0.1, -0.05) is 0 Å². The molecule has 0 atom stereocenters. The Labute approximate surface area is 114 Å². The molecule has 19 heavy (non-hydrogen) atoms. The Kier molecular flexibility index (Phi) is 4.81. The summed E-state index contributed by atoms with van der Waals surface area (Å²) in [6.45, 7) is 1.09. The number of ether oxygens (including phenoxy) is 1. The fourth-order valence-corrected chi connectivity index (χ4v) is 3.66. The minimum atomic E-state index is -3.23. The van der Waals surface area contributed by atoms with Gasteiger partial charge in [0.15, 0.2) is 0 Å². The van der Waals surface area contributed by atoms with Crippen molar-refractivity contribution >= 4 is 15.9 Å². The lowest BCUT2D eigenvalue weighted by molar-refractivity contribution is -0.126. The molecule has 0 unspecified atom stereocenters. The van der Waals surface area contributed by atoms with Crippen molar-refractivity contribution in [3.05, 3.63) is 0 Å². The van der Waals surface area contributed by atoms with Crippen LogP contribution >= 0.6 is 0 Å². The summed E-state index contributed by atoms with van der Waals surface area (Å²) in [5.74, 6) is 0.0773. The van der Waals surface area contributed by atoms with Crippen molar-refractivity contribution in [1.82, 2.24) is 9.62 Å². The van der Waals surface area contributed by atoms with Gasteiger partial charge >= 0.3 is 0 Å². The van der Waals surface area contributed by atoms with Gasteiger partial charge in [0.2, 0.25) is 15.9 Å². The Bertz CT molecular complexity index is 411. The van der Waals surface area contributed by atoms with E-state index in [1.807, 2.05) is 0 Å². The maximum atomic E-state index is 12.0. The summed E-state index contributed by atoms with van der Waals surface area (Å²) in [4.78, 5) is 11.9. The van der Waals surface area contributed by atoms with Crippen LogP contribution in [0.1, 0.15) is 25.7 Å². The van der Waals surface area contributed by atoms with Gasteiger partial charge in [-0.05, 0) is 25.7 Å². The molecule has 0 aromatic heterocycles. The summed E-state index contributed by atoms with van der Waals surface area (Å²) in [5, 5.41) is 2.98. The van der Waals surface area contributed by atoms with Crippen LogP contribution in [0.15, 0.2) is 0 Å². The number of piperidine rings is 1. The highest BCUT2D eigenvalue weighted by Crippen LogP contribution is 2.23. The lowest BCUT2D eigenvalue weighted by Gasteiger charge is -2.30. The number of nitrogens with zero attached hydrogens (tertiary/aromatic N) is 1. The lowest BCUT2D eigenvalue weighted by Crippen LogP contribution is -2.44. The predicted molar refractivity (Wildman–Crippen MR) is 71.1 cm³/mol. The summed E-state index contributed by atoms with van der Waals surface area (Å²) in [6.07, 6.45) is 3.39. The molecule has 1 aliphatic carbocycles. The Morgan fingerprint density at radius 1 is 1.26 bits per heavy atom. The first kappa shape index (κ1) is 14.7. The fraction of sp³-hybridized carbons (Fsp3) is 0.917. The third kappa shape index (κ3) is 4.15. The Morgan fingerprint density at radius 3 is 2.42 bits per heavy atom. The number of hydrogen-bond donors (Lipinski definition) is 1. The molecular formula is C12H22N2O4S. The maximum Gasteiger partial charge on any atom is 0.223 e. The molecule has 2 rings (SSSR count). The van der Waals surface area contributed by atoms with E-state index in [0.29, 0.717) is 32.0 Å². The minimum Gasteiger partial charge on any atom is -0.384 e. The monoisotopic (exact) mass is 290 g/mol. The van der Waals surface area contributed by atoms with E-state index in [-0.39, 0.29) is 24.2 Å². The summed E-state index contributed by atoms with van der Waals surface area (Å²) in [5.41, 5.74) is 0. The van der Waals surface area contributed by atoms with E-state index in [1.54, 1.807) is 0 Å². The SMILES string of the molecule is COCCS(=O)(=O)N1CCC(C(=O)NC2CC2)CC1. The molecule has 1 amide bonds. The second-order valence-corrected chi connectivity index (χ2v) is 7.35. The van der Waals surface area contributed by atoms with Gasteiger partial charge in [0.25, 0.3) is 0 Å². The number of sulfonamides is 1. The normalized spacial score (nSPS) is 22.4. The average Bonchev–Trinajstić information content (AvgIpc) is 3.20. The van der Waals surface area contributed by atoms with Crippen molar-refractivity contribution in [3.63, 3.8) is 0 Å². The molecule has 0 aromatic rings. The highest BCUT2D eigenvalue weighted by Gasteiger charge is 2.33. The molecular weight excluding hydrogens is 268 g/mol. The molecule has 0 bridgehead atoms. The zero-order valence-electron chi connectivity index (χ0n) is 11.3. The van der Waals surface area contributed by atoms with Gasteiger partial charge in [0.05, 0.1) is 12.4 Å². The molecule has 2 aliphatic rings. The van der Waals surface area contributed by atoms with E-state index in [0.717, 1.165) is 12.8 Å². The van der Waals surface area contributed by atoms with Crippen molar-refractivity contribution in [2.45, 2.75) is 31.7 Å². The first-order valence-corrected chi connectivity index (χ1v) is 8.41. The summed E-state index contributed by atoms with van der Waals surface area (Å²) >= 11 is 0. The third-order valence-corrected chi connectivity index (χ3v) is 5.52. The van der Waals surface area contributed by atoms with E-state index >= 15 is 0 Å². The van der Waals surface area contributed by atoms with Gasteiger partial charge in [-0.25, -0.2) is 12.7 Å². The molecule has 1 aliphatic heterocycles. The fourth-order valence-electron chi connectivity index (χ4n) is 2.26. The van der Waals surface area contributed by atoms with Crippen molar-refractivity contribution in [2.75, 3.05) is 32.6 Å². The van der Waals surface area contributed by atoms with Crippen LogP contribution < -0.4 is 5.32 Å². The zero-order chi connectivity index (χ0) is 13.9. The molecule has 0 spiro atoms. The number of carbonyl (C=O) groups is 1. The highest BCUT2D eigenvalue weighted by molar-refractivity contribution is 7.89. The molecule has 1 heterocycles. The van der Waals surface area contributed by atoms with Gasteiger partial charge < -0.3 is 10.1 Å². The van der Waals surface area contributed by atoms with Crippen LogP contribution in [0, 0.1) is 5.92 Å². The van der Waals surface area contributed by atoms with Gasteiger partial charge in [0, 0.05) is 32.2 Å². The third-order valence-electron chi connectivity index (χ3n) is 3.69. The minimum absolute atomic E-state index is 0.0163. The molecule has 0 radical (unpaired) electrons. The molecule has 1 saturated carbocycles. The topological polar surface area (TPSA) is 75.7 Å². The van der Waals surface area contributed by atoms with E-state index in [2.05, 4.69) is 5.32 Å². The van der Waals surface area contributed by atoms with Crippen LogP contribution in [0.3, 0.4) is 0 Å². The van der Waals surface area contributed by atoms with E-state index in [9.17, 15) is 13.2 Å². The zero-order valence-corrected chi connectivity index (χ0v) is 12.1. The van der Waals surface area contributed by atoms with Gasteiger partial charge in [0.1, 0.15) is 0 Å². The highest BCUT2D eigenvalue weighted by atomic mass is 32.2. The Balaban J connectivity index is 1.79. The number of hydrogen-bond acceptors (Lipinski definition) is 4. The van der Waals surface area contributed by atoms with Crippen molar-refractivity contribution in [3.8, 4) is 0 Å². The summed E-state index contributed by atoms with van der Waals surface area (Å²) in [6, 6.07) is 0.371. The van der Waals surface area contributed by atoms with Crippen LogP contribution in [0.5, 0.6) is 0 Å². The van der Waals surface area contributed by atoms with Crippen LogP contribution in [0.25, 0.3) is 0 Å². The number of nitrogens with one attached hydrogen (secondary N) is 1. The van der Waals surface area contributed by atoms with Crippen LogP contribution in [-0.2, 0) is 19.6 Å². The average molecular weight is 290 g/mol. The maximum absolute atomic E-state index is 12.0. The Hall–Kier alpha value is -0.660. The second kappa shape index (κ2) is 6.19. The molecule has 7 heteroatoms. The van der Waals surface area contributed by atoms with Gasteiger partial charge in [-0.2, -0.15) is 0 Å². The van der Waals surface area contributed by atoms with E-state index < -0.39 is 10.0 Å². The smallest absolute Gasteiger partial charge is 0.223 e. The largest absolute Gasteiger partial charge is 0.384 e. The van der Waals surface area contributed by atoms with Crippen molar-refractivity contribution in [1.29, 1.82) is 0 Å². The number of rotatable bonds is 6. The molecule has 0 aromatic carbocycles. The van der Waals surface area contributed by atoms with E-state index in [1.165, 1.54) is 11.4 Å². The van der Waals surface area contributed by atoms with Crippen LogP contribution in [-0.4, -0.2) is 57.2 Å². The molecule has 2 fully saturated rings. The summed E-state index contributed by atoms with van der Waals surface area (Å²) < 4.78 is 30.2. The standard InChI is InChI=1S/C12H22N2O4S/c1-18-8-9-19(16,17)14-6-4-10(5-7-14)12(15)13-11-2-3-11/h10-11H,2-9H2,1H3,(H,13,15). The first-order chi connectivity index (χ1) is 9.03. The predicted octanol–water partition coefficient (Wildman–Crippen LogP) is -0.0468. The Morgan fingerprint density at radius 2 is 1.89 bits per heavy atom. The lowest BCUT2D eigenvalue weighted by atomic mass is 9.97. The van der Waals surface area contributed by atoms with Gasteiger partial charge in [-0.15, -0.1) is 0 Å². The van der Waals surface area contributed by atoms with Crippen molar-refractivity contribution in [2.24, 2.45) is 5.92 Å². The number of methoxy groups -OCH3 is 1.